The third-order valence-corrected chi connectivity index (χ3v) is 4.67. The maximum Gasteiger partial charge on any atom is 0.263 e. The summed E-state index contributed by atoms with van der Waals surface area (Å²) in [5, 5.41) is 4.72. The summed E-state index contributed by atoms with van der Waals surface area (Å²) in [6.07, 6.45) is 3.03. The van der Waals surface area contributed by atoms with E-state index in [1.807, 2.05) is 23.6 Å². The van der Waals surface area contributed by atoms with E-state index in [4.69, 9.17) is 10.7 Å². The quantitative estimate of drug-likeness (QED) is 0.690. The summed E-state index contributed by atoms with van der Waals surface area (Å²) in [7, 11) is 1.72. The van der Waals surface area contributed by atoms with Gasteiger partial charge in [0.2, 0.25) is 0 Å². The standard InChI is InChI=1S/C13H13ClN4O2S/c1-2-18-13(15-9-16-18)8-17-7-12(21(14,19)20)10-5-3-4-6-11(10)17/h3-7,9H,2,8H2,1H3. The van der Waals surface area contributed by atoms with Crippen molar-refractivity contribution < 1.29 is 8.42 Å². The fourth-order valence-electron chi connectivity index (χ4n) is 2.37. The second kappa shape index (κ2) is 5.16. The monoisotopic (exact) mass is 324 g/mol. The van der Waals surface area contributed by atoms with Gasteiger partial charge in [-0.05, 0) is 13.0 Å². The molecule has 3 rings (SSSR count). The molecule has 0 aliphatic rings. The number of hydrogen-bond donors (Lipinski definition) is 0. The van der Waals surface area contributed by atoms with Crippen LogP contribution >= 0.6 is 10.7 Å². The molecule has 21 heavy (non-hydrogen) atoms. The van der Waals surface area contributed by atoms with Gasteiger partial charge in [-0.15, -0.1) is 0 Å². The van der Waals surface area contributed by atoms with Gasteiger partial charge in [0.25, 0.3) is 9.05 Å². The average Bonchev–Trinajstić information content (AvgIpc) is 3.03. The van der Waals surface area contributed by atoms with Crippen LogP contribution in [0.1, 0.15) is 12.7 Å². The van der Waals surface area contributed by atoms with Gasteiger partial charge in [0, 0.05) is 34.3 Å². The van der Waals surface area contributed by atoms with Gasteiger partial charge in [-0.1, -0.05) is 18.2 Å². The van der Waals surface area contributed by atoms with Gasteiger partial charge in [-0.3, -0.25) is 0 Å². The first kappa shape index (κ1) is 14.1. The number of halogens is 1. The van der Waals surface area contributed by atoms with Crippen molar-refractivity contribution in [3.05, 3.63) is 42.6 Å². The first-order chi connectivity index (χ1) is 10.0. The number of benzene rings is 1. The number of hydrogen-bond acceptors (Lipinski definition) is 4. The largest absolute Gasteiger partial charge is 0.338 e. The summed E-state index contributed by atoms with van der Waals surface area (Å²) in [6.45, 7) is 3.11. The minimum absolute atomic E-state index is 0.113. The summed E-state index contributed by atoms with van der Waals surface area (Å²) in [4.78, 5) is 4.32. The van der Waals surface area contributed by atoms with Gasteiger partial charge in [0.15, 0.2) is 0 Å². The SMILES string of the molecule is CCn1ncnc1Cn1cc(S(=O)(=O)Cl)c2ccccc21. The molecule has 0 unspecified atom stereocenters. The van der Waals surface area contributed by atoms with Crippen molar-refractivity contribution in [3.63, 3.8) is 0 Å². The summed E-state index contributed by atoms with van der Waals surface area (Å²) >= 11 is 0. The summed E-state index contributed by atoms with van der Waals surface area (Å²) in [6, 6.07) is 7.24. The third-order valence-electron chi connectivity index (χ3n) is 3.32. The fourth-order valence-corrected chi connectivity index (χ4v) is 3.42. The smallest absolute Gasteiger partial charge is 0.263 e. The highest BCUT2D eigenvalue weighted by atomic mass is 35.7. The van der Waals surface area contributed by atoms with Crippen LogP contribution in [0, 0.1) is 0 Å². The molecule has 2 aromatic heterocycles. The molecule has 110 valence electrons. The number of nitrogens with zero attached hydrogens (tertiary/aromatic N) is 4. The lowest BCUT2D eigenvalue weighted by Gasteiger charge is -2.05. The number of rotatable bonds is 4. The lowest BCUT2D eigenvalue weighted by atomic mass is 10.2. The fraction of sp³-hybridized carbons (Fsp3) is 0.231. The van der Waals surface area contributed by atoms with Crippen molar-refractivity contribution in [2.75, 3.05) is 0 Å². The van der Waals surface area contributed by atoms with Crippen LogP contribution in [0.5, 0.6) is 0 Å². The highest BCUT2D eigenvalue weighted by molar-refractivity contribution is 8.14. The van der Waals surface area contributed by atoms with E-state index in [9.17, 15) is 8.42 Å². The van der Waals surface area contributed by atoms with Crippen LogP contribution in [0.3, 0.4) is 0 Å². The zero-order chi connectivity index (χ0) is 15.0. The molecule has 1 aromatic carbocycles. The molecule has 6 nitrogen and oxygen atoms in total. The highest BCUT2D eigenvalue weighted by Crippen LogP contribution is 2.28. The molecule has 0 bridgehead atoms. The van der Waals surface area contributed by atoms with Gasteiger partial charge < -0.3 is 4.57 Å². The molecule has 0 aliphatic heterocycles. The first-order valence-corrected chi connectivity index (χ1v) is 8.71. The average molecular weight is 325 g/mol. The predicted molar refractivity (Wildman–Crippen MR) is 79.8 cm³/mol. The number of para-hydroxylation sites is 1. The normalized spacial score (nSPS) is 12.1. The van der Waals surface area contributed by atoms with Crippen LogP contribution < -0.4 is 0 Å². The maximum absolute atomic E-state index is 11.7. The zero-order valence-electron chi connectivity index (χ0n) is 11.3. The van der Waals surface area contributed by atoms with E-state index in [1.165, 1.54) is 6.33 Å². The Morgan fingerprint density at radius 1 is 1.29 bits per heavy atom. The van der Waals surface area contributed by atoms with Gasteiger partial charge in [-0.2, -0.15) is 5.10 Å². The van der Waals surface area contributed by atoms with Crippen molar-refractivity contribution in [1.29, 1.82) is 0 Å². The number of aromatic nitrogens is 4. The predicted octanol–water partition coefficient (Wildman–Crippen LogP) is 2.23. The van der Waals surface area contributed by atoms with Gasteiger partial charge in [0.05, 0.1) is 6.54 Å². The maximum atomic E-state index is 11.7. The van der Waals surface area contributed by atoms with Crippen molar-refractivity contribution in [3.8, 4) is 0 Å². The van der Waals surface area contributed by atoms with E-state index in [2.05, 4.69) is 10.1 Å². The van der Waals surface area contributed by atoms with Crippen molar-refractivity contribution in [1.82, 2.24) is 19.3 Å². The molecule has 8 heteroatoms. The van der Waals surface area contributed by atoms with E-state index in [0.717, 1.165) is 11.3 Å². The van der Waals surface area contributed by atoms with Crippen LogP contribution in [0.2, 0.25) is 0 Å². The Kier molecular flexibility index (Phi) is 3.46. The lowest BCUT2D eigenvalue weighted by Crippen LogP contribution is -2.08. The van der Waals surface area contributed by atoms with Gasteiger partial charge in [-0.25, -0.2) is 18.1 Å². The third kappa shape index (κ3) is 2.54. The number of aryl methyl sites for hydroxylation is 1. The molecule has 0 saturated carbocycles. The van der Waals surface area contributed by atoms with E-state index < -0.39 is 9.05 Å². The molecule has 0 fully saturated rings. The molecule has 0 aliphatic carbocycles. The van der Waals surface area contributed by atoms with E-state index >= 15 is 0 Å². The van der Waals surface area contributed by atoms with E-state index in [1.54, 1.807) is 23.0 Å². The van der Waals surface area contributed by atoms with Crippen LogP contribution in [-0.2, 0) is 22.1 Å². The van der Waals surface area contributed by atoms with Crippen LogP contribution in [0.15, 0.2) is 41.7 Å². The Balaban J connectivity index is 2.16. The second-order valence-electron chi connectivity index (χ2n) is 4.57. The van der Waals surface area contributed by atoms with E-state index in [0.29, 0.717) is 18.5 Å². The number of fused-ring (bicyclic) bond motifs is 1. The van der Waals surface area contributed by atoms with Gasteiger partial charge in [0.1, 0.15) is 17.0 Å². The topological polar surface area (TPSA) is 69.8 Å². The summed E-state index contributed by atoms with van der Waals surface area (Å²) in [5.74, 6) is 0.761. The molecule has 0 radical (unpaired) electrons. The molecule has 0 amide bonds. The zero-order valence-corrected chi connectivity index (χ0v) is 12.8. The van der Waals surface area contributed by atoms with Crippen molar-refractivity contribution >= 4 is 30.6 Å². The van der Waals surface area contributed by atoms with Crippen LogP contribution in [-0.4, -0.2) is 27.7 Å². The Hall–Kier alpha value is -1.86. The summed E-state index contributed by atoms with van der Waals surface area (Å²) in [5.41, 5.74) is 0.794. The Labute approximate surface area is 126 Å². The lowest BCUT2D eigenvalue weighted by molar-refractivity contribution is 0.594. The first-order valence-electron chi connectivity index (χ1n) is 6.40. The molecule has 0 atom stereocenters. The Morgan fingerprint density at radius 3 is 2.76 bits per heavy atom. The molecule has 0 spiro atoms. The van der Waals surface area contributed by atoms with E-state index in [-0.39, 0.29) is 4.90 Å². The molecular formula is C13H13ClN4O2S. The minimum Gasteiger partial charge on any atom is -0.338 e. The highest BCUT2D eigenvalue weighted by Gasteiger charge is 2.19. The second-order valence-corrected chi connectivity index (χ2v) is 7.10. The van der Waals surface area contributed by atoms with Gasteiger partial charge >= 0.3 is 0 Å². The van der Waals surface area contributed by atoms with Crippen LogP contribution in [0.4, 0.5) is 0 Å². The van der Waals surface area contributed by atoms with Crippen LogP contribution in [0.25, 0.3) is 10.9 Å². The Morgan fingerprint density at radius 2 is 2.05 bits per heavy atom. The minimum atomic E-state index is -3.79. The van der Waals surface area contributed by atoms with Crippen molar-refractivity contribution in [2.45, 2.75) is 24.9 Å². The molecule has 3 aromatic rings. The summed E-state index contributed by atoms with van der Waals surface area (Å²) < 4.78 is 27.0. The molecule has 0 saturated heterocycles. The molecular weight excluding hydrogens is 312 g/mol. The molecule has 0 N–H and O–H groups in total. The Bertz CT molecular complexity index is 898. The molecule has 2 heterocycles. The van der Waals surface area contributed by atoms with Crippen molar-refractivity contribution in [2.24, 2.45) is 0 Å².